The van der Waals surface area contributed by atoms with Gasteiger partial charge in [-0.1, -0.05) is 64.4 Å². The molecule has 3 unspecified atom stereocenters. The van der Waals surface area contributed by atoms with E-state index in [2.05, 4.69) is 17.6 Å². The Balaban J connectivity index is 1.71. The molecule has 0 aromatic heterocycles. The second-order valence-electron chi connectivity index (χ2n) is 11.9. The Morgan fingerprint density at radius 2 is 1.84 bits per heavy atom. The Morgan fingerprint density at radius 1 is 1.13 bits per heavy atom. The fraction of sp³-hybridized carbons (Fsp3) is 0.700. The maximum atomic E-state index is 14.3. The first-order valence-corrected chi connectivity index (χ1v) is 14.4. The van der Waals surface area contributed by atoms with E-state index in [4.69, 9.17) is 4.74 Å². The van der Waals surface area contributed by atoms with Crippen LogP contribution in [0.3, 0.4) is 0 Å². The molecular weight excluding hydrogens is 482 g/mol. The average molecular weight is 528 g/mol. The van der Waals surface area contributed by atoms with Crippen LogP contribution in [0.5, 0.6) is 0 Å². The van der Waals surface area contributed by atoms with Gasteiger partial charge in [-0.3, -0.25) is 14.4 Å². The molecule has 3 aliphatic heterocycles. The molecule has 3 amide bonds. The van der Waals surface area contributed by atoms with Crippen molar-refractivity contribution in [3.63, 3.8) is 0 Å². The Bertz CT molecular complexity index is 1020. The molecule has 8 heteroatoms. The molecule has 7 atom stereocenters. The van der Waals surface area contributed by atoms with Gasteiger partial charge in [-0.2, -0.15) is 0 Å². The van der Waals surface area contributed by atoms with Gasteiger partial charge in [0.15, 0.2) is 0 Å². The maximum absolute atomic E-state index is 14.3. The molecule has 0 saturated carbocycles. The van der Waals surface area contributed by atoms with E-state index in [0.717, 1.165) is 18.4 Å². The van der Waals surface area contributed by atoms with Gasteiger partial charge in [-0.15, -0.1) is 0 Å². The molecule has 0 aliphatic carbocycles. The van der Waals surface area contributed by atoms with Crippen LogP contribution in [0.1, 0.15) is 78.7 Å². The highest BCUT2D eigenvalue weighted by molar-refractivity contribution is 5.99. The monoisotopic (exact) mass is 527 g/mol. The van der Waals surface area contributed by atoms with Gasteiger partial charge in [0.1, 0.15) is 11.6 Å². The van der Waals surface area contributed by atoms with Gasteiger partial charge in [0, 0.05) is 12.6 Å². The molecule has 1 spiro atoms. The number of aliphatic hydroxyl groups excluding tert-OH is 1. The van der Waals surface area contributed by atoms with Crippen molar-refractivity contribution in [1.29, 1.82) is 0 Å². The van der Waals surface area contributed by atoms with Crippen LogP contribution in [0, 0.1) is 17.8 Å². The number of amides is 3. The molecular formula is C30H45N3O5. The molecule has 4 rings (SSSR count). The molecule has 1 aromatic rings. The van der Waals surface area contributed by atoms with E-state index in [1.54, 1.807) is 4.90 Å². The molecule has 3 fully saturated rings. The number of hydrogen-bond acceptors (Lipinski definition) is 5. The Hall–Kier alpha value is -2.45. The number of ether oxygens (including phenoxy) is 1. The highest BCUT2D eigenvalue weighted by Gasteiger charge is 2.79. The molecule has 3 aliphatic rings. The molecule has 3 heterocycles. The van der Waals surface area contributed by atoms with Crippen molar-refractivity contribution < 1.29 is 24.2 Å². The lowest BCUT2D eigenvalue weighted by atomic mass is 9.65. The highest BCUT2D eigenvalue weighted by atomic mass is 16.5. The van der Waals surface area contributed by atoms with E-state index in [0.29, 0.717) is 32.2 Å². The van der Waals surface area contributed by atoms with E-state index in [9.17, 15) is 19.5 Å². The van der Waals surface area contributed by atoms with Gasteiger partial charge in [-0.25, -0.2) is 0 Å². The number of benzene rings is 1. The fourth-order valence-electron chi connectivity index (χ4n) is 7.29. The first kappa shape index (κ1) is 28.6. The van der Waals surface area contributed by atoms with Gasteiger partial charge < -0.3 is 25.4 Å². The normalized spacial score (nSPS) is 31.4. The van der Waals surface area contributed by atoms with Crippen LogP contribution in [0.4, 0.5) is 0 Å². The number of nitrogens with one attached hydrogen (secondary N) is 2. The van der Waals surface area contributed by atoms with Crippen molar-refractivity contribution in [1.82, 2.24) is 15.5 Å². The zero-order valence-electron chi connectivity index (χ0n) is 23.5. The lowest BCUT2D eigenvalue weighted by molar-refractivity contribution is -0.151. The summed E-state index contributed by atoms with van der Waals surface area (Å²) in [5.74, 6) is -1.94. The van der Waals surface area contributed by atoms with Crippen LogP contribution >= 0.6 is 0 Å². The minimum Gasteiger partial charge on any atom is -0.394 e. The van der Waals surface area contributed by atoms with E-state index < -0.39 is 35.1 Å². The van der Waals surface area contributed by atoms with Gasteiger partial charge in [0.05, 0.1) is 30.1 Å². The maximum Gasteiger partial charge on any atom is 0.246 e. The SMILES string of the molecule is CCCC(C)NC(=O)C1N([C@@H](CO)CC(C)C)C(=O)[C@@H]2[C@@H](C(=O)NCc3ccccc3)[C@@]3(CC)CCC12O3. The number of hydrogen-bond donors (Lipinski definition) is 3. The van der Waals surface area contributed by atoms with Crippen LogP contribution in [-0.2, 0) is 25.7 Å². The van der Waals surface area contributed by atoms with Crippen molar-refractivity contribution >= 4 is 17.7 Å². The van der Waals surface area contributed by atoms with Crippen LogP contribution in [0.2, 0.25) is 0 Å². The summed E-state index contributed by atoms with van der Waals surface area (Å²) in [7, 11) is 0. The predicted octanol–water partition coefficient (Wildman–Crippen LogP) is 3.17. The van der Waals surface area contributed by atoms with E-state index >= 15 is 0 Å². The third-order valence-electron chi connectivity index (χ3n) is 8.92. The first-order chi connectivity index (χ1) is 18.1. The minimum atomic E-state index is -1.08. The summed E-state index contributed by atoms with van der Waals surface area (Å²) in [6.07, 6.45) is 4.04. The Kier molecular flexibility index (Phi) is 8.52. The van der Waals surface area contributed by atoms with Crippen molar-refractivity contribution in [2.75, 3.05) is 6.61 Å². The first-order valence-electron chi connectivity index (χ1n) is 14.4. The van der Waals surface area contributed by atoms with E-state index in [1.807, 2.05) is 58.0 Å². The zero-order chi connectivity index (χ0) is 27.7. The summed E-state index contributed by atoms with van der Waals surface area (Å²) in [6.45, 7) is 10.2. The van der Waals surface area contributed by atoms with Crippen LogP contribution in [-0.4, -0.2) is 63.7 Å². The van der Waals surface area contributed by atoms with E-state index in [-0.39, 0.29) is 36.3 Å². The third kappa shape index (κ3) is 4.86. The van der Waals surface area contributed by atoms with Crippen molar-refractivity contribution in [3.05, 3.63) is 35.9 Å². The molecule has 8 nitrogen and oxygen atoms in total. The fourth-order valence-corrected chi connectivity index (χ4v) is 7.29. The van der Waals surface area contributed by atoms with Crippen LogP contribution in [0.15, 0.2) is 30.3 Å². The second-order valence-corrected chi connectivity index (χ2v) is 11.9. The zero-order valence-corrected chi connectivity index (χ0v) is 23.5. The minimum absolute atomic E-state index is 0.0544. The summed E-state index contributed by atoms with van der Waals surface area (Å²) in [5, 5.41) is 16.6. The quantitative estimate of drug-likeness (QED) is 0.387. The van der Waals surface area contributed by atoms with E-state index in [1.165, 1.54) is 0 Å². The van der Waals surface area contributed by atoms with Gasteiger partial charge >= 0.3 is 0 Å². The molecule has 38 heavy (non-hydrogen) atoms. The number of carbonyl (C=O) groups is 3. The molecule has 210 valence electrons. The van der Waals surface area contributed by atoms with Gasteiger partial charge in [-0.05, 0) is 50.5 Å². The predicted molar refractivity (Wildman–Crippen MR) is 145 cm³/mol. The van der Waals surface area contributed by atoms with Crippen molar-refractivity contribution in [2.45, 2.75) is 109 Å². The van der Waals surface area contributed by atoms with Gasteiger partial charge in [0.25, 0.3) is 0 Å². The molecule has 3 N–H and O–H groups in total. The summed E-state index contributed by atoms with van der Waals surface area (Å²) in [5.41, 5.74) is -0.889. The van der Waals surface area contributed by atoms with Gasteiger partial charge in [0.2, 0.25) is 17.7 Å². The average Bonchev–Trinajstić information content (AvgIpc) is 3.50. The van der Waals surface area contributed by atoms with Crippen LogP contribution < -0.4 is 10.6 Å². The van der Waals surface area contributed by atoms with Crippen molar-refractivity contribution in [2.24, 2.45) is 17.8 Å². The standard InChI is InChI=1S/C30H45N3O5/c1-6-11-20(5)32-27(36)25-30-15-14-29(7-2,38-30)23(26(35)31-17-21-12-9-8-10-13-21)24(30)28(37)33(25)22(18-34)16-19(3)4/h8-10,12-13,19-20,22-25,34H,6-7,11,14-18H2,1-5H3,(H,31,35)(H,32,36)/t20?,22-,23+,24+,25?,29-,30?/m1/s1. The molecule has 3 saturated heterocycles. The summed E-state index contributed by atoms with van der Waals surface area (Å²) in [6, 6.07) is 8.23. The number of nitrogens with zero attached hydrogens (tertiary/aromatic N) is 1. The molecule has 0 radical (unpaired) electrons. The molecule has 2 bridgehead atoms. The number of rotatable bonds is 12. The lowest BCUT2D eigenvalue weighted by Gasteiger charge is -2.38. The summed E-state index contributed by atoms with van der Waals surface area (Å²) >= 11 is 0. The smallest absolute Gasteiger partial charge is 0.246 e. The molecule has 1 aromatic carbocycles. The number of carbonyl (C=O) groups excluding carboxylic acids is 3. The van der Waals surface area contributed by atoms with Crippen molar-refractivity contribution in [3.8, 4) is 0 Å². The topological polar surface area (TPSA) is 108 Å². The number of likely N-dealkylation sites (tertiary alicyclic amines) is 1. The Labute approximate surface area is 226 Å². The third-order valence-corrected chi connectivity index (χ3v) is 8.92. The largest absolute Gasteiger partial charge is 0.394 e. The highest BCUT2D eigenvalue weighted by Crippen LogP contribution is 2.64. The van der Waals surface area contributed by atoms with Crippen LogP contribution in [0.25, 0.3) is 0 Å². The Morgan fingerprint density at radius 3 is 2.45 bits per heavy atom. The number of fused-ring (bicyclic) bond motifs is 1. The second kappa shape index (κ2) is 11.3. The number of aliphatic hydroxyl groups is 1. The lowest BCUT2D eigenvalue weighted by Crippen LogP contribution is -2.59. The summed E-state index contributed by atoms with van der Waals surface area (Å²) in [4.78, 5) is 43.6. The summed E-state index contributed by atoms with van der Waals surface area (Å²) < 4.78 is 6.82.